The maximum atomic E-state index is 12.5. The van der Waals surface area contributed by atoms with Gasteiger partial charge in [0, 0.05) is 44.5 Å². The van der Waals surface area contributed by atoms with Gasteiger partial charge in [0.15, 0.2) is 5.96 Å². The Bertz CT molecular complexity index is 625. The number of hydrogen-bond donors (Lipinski definition) is 2. The number of halogens is 4. The van der Waals surface area contributed by atoms with Crippen molar-refractivity contribution in [3.63, 3.8) is 0 Å². The third-order valence-corrected chi connectivity index (χ3v) is 4.62. The minimum Gasteiger partial charge on any atom is -0.476 e. The van der Waals surface area contributed by atoms with Crippen LogP contribution >= 0.6 is 24.0 Å². The van der Waals surface area contributed by atoms with E-state index in [4.69, 9.17) is 4.74 Å². The molecule has 0 spiro atoms. The van der Waals surface area contributed by atoms with Crippen molar-refractivity contribution in [2.24, 2.45) is 10.9 Å². The van der Waals surface area contributed by atoms with Crippen molar-refractivity contribution >= 4 is 29.9 Å². The number of nitrogens with one attached hydrogen (secondary N) is 2. The van der Waals surface area contributed by atoms with Crippen LogP contribution in [0.1, 0.15) is 26.3 Å². The summed E-state index contributed by atoms with van der Waals surface area (Å²) in [6.07, 6.45) is -3.63. The second-order valence-electron chi connectivity index (χ2n) is 7.01. The molecule has 1 aliphatic heterocycles. The van der Waals surface area contributed by atoms with E-state index in [2.05, 4.69) is 46.3 Å². The molecule has 2 N–H and O–H groups in total. The third kappa shape index (κ3) is 7.26. The minimum absolute atomic E-state index is 0. The highest BCUT2D eigenvalue weighted by Gasteiger charge is 2.31. The molecule has 160 valence electrons. The first kappa shape index (κ1) is 24.7. The molecular formula is C18H29F3IN5O. The fourth-order valence-electron chi connectivity index (χ4n) is 2.94. The summed E-state index contributed by atoms with van der Waals surface area (Å²) in [4.78, 5) is 10.3. The second kappa shape index (κ2) is 11.0. The Kier molecular flexibility index (Phi) is 9.75. The lowest BCUT2D eigenvalue weighted by molar-refractivity contribution is -0.137. The van der Waals surface area contributed by atoms with Gasteiger partial charge in [-0.25, -0.2) is 4.98 Å². The smallest absolute Gasteiger partial charge is 0.417 e. The van der Waals surface area contributed by atoms with E-state index >= 15 is 0 Å². The van der Waals surface area contributed by atoms with E-state index in [1.807, 2.05) is 0 Å². The number of hydrogen-bond acceptors (Lipinski definition) is 4. The van der Waals surface area contributed by atoms with Crippen LogP contribution in [0.5, 0.6) is 5.88 Å². The van der Waals surface area contributed by atoms with Crippen LogP contribution in [0.4, 0.5) is 13.2 Å². The first-order chi connectivity index (χ1) is 12.7. The highest BCUT2D eigenvalue weighted by molar-refractivity contribution is 14.0. The molecule has 0 amide bonds. The predicted octanol–water partition coefficient (Wildman–Crippen LogP) is 2.99. The quantitative estimate of drug-likeness (QED) is 0.264. The van der Waals surface area contributed by atoms with Gasteiger partial charge < -0.3 is 15.4 Å². The molecule has 2 rings (SSSR count). The molecule has 2 unspecified atom stereocenters. The SMILES string of the molecule is CN=C(NCCOc1ccc(C(F)(F)F)cn1)NC1CN(C(C)C)CC1C.I. The fourth-order valence-corrected chi connectivity index (χ4v) is 2.94. The van der Waals surface area contributed by atoms with Crippen LogP contribution in [0, 0.1) is 5.92 Å². The zero-order valence-corrected chi connectivity index (χ0v) is 18.9. The zero-order valence-electron chi connectivity index (χ0n) is 16.6. The minimum atomic E-state index is -4.40. The van der Waals surface area contributed by atoms with Crippen LogP contribution in [-0.4, -0.2) is 61.2 Å². The van der Waals surface area contributed by atoms with Crippen molar-refractivity contribution in [2.45, 2.75) is 39.0 Å². The lowest BCUT2D eigenvalue weighted by Crippen LogP contribution is -2.47. The summed E-state index contributed by atoms with van der Waals surface area (Å²) >= 11 is 0. The van der Waals surface area contributed by atoms with Gasteiger partial charge in [-0.1, -0.05) is 6.92 Å². The second-order valence-corrected chi connectivity index (χ2v) is 7.01. The summed E-state index contributed by atoms with van der Waals surface area (Å²) in [7, 11) is 1.70. The highest BCUT2D eigenvalue weighted by atomic mass is 127. The van der Waals surface area contributed by atoms with Gasteiger partial charge in [-0.3, -0.25) is 9.89 Å². The molecule has 1 saturated heterocycles. The average Bonchev–Trinajstić information content (AvgIpc) is 2.98. The monoisotopic (exact) mass is 515 g/mol. The van der Waals surface area contributed by atoms with E-state index in [-0.39, 0.29) is 36.5 Å². The van der Waals surface area contributed by atoms with Crippen LogP contribution < -0.4 is 15.4 Å². The first-order valence-electron chi connectivity index (χ1n) is 9.08. The van der Waals surface area contributed by atoms with Gasteiger partial charge in [-0.2, -0.15) is 13.2 Å². The van der Waals surface area contributed by atoms with Crippen LogP contribution in [0.3, 0.4) is 0 Å². The Morgan fingerprint density at radius 3 is 2.57 bits per heavy atom. The number of guanidine groups is 1. The number of likely N-dealkylation sites (tertiary alicyclic amines) is 1. The van der Waals surface area contributed by atoms with Gasteiger partial charge in [0.1, 0.15) is 6.61 Å². The van der Waals surface area contributed by atoms with Crippen molar-refractivity contribution in [1.29, 1.82) is 0 Å². The van der Waals surface area contributed by atoms with Crippen LogP contribution in [0.25, 0.3) is 0 Å². The number of aliphatic imine (C=N–C) groups is 1. The largest absolute Gasteiger partial charge is 0.476 e. The third-order valence-electron chi connectivity index (χ3n) is 4.62. The Balaban J connectivity index is 0.00000392. The van der Waals surface area contributed by atoms with Gasteiger partial charge in [0.25, 0.3) is 0 Å². The number of nitrogens with zero attached hydrogens (tertiary/aromatic N) is 3. The summed E-state index contributed by atoms with van der Waals surface area (Å²) in [5.41, 5.74) is -0.793. The molecule has 28 heavy (non-hydrogen) atoms. The number of ether oxygens (including phenoxy) is 1. The van der Waals surface area contributed by atoms with Gasteiger partial charge >= 0.3 is 6.18 Å². The Labute approximate surface area is 181 Å². The summed E-state index contributed by atoms with van der Waals surface area (Å²) in [6.45, 7) is 9.33. The van der Waals surface area contributed by atoms with Crippen LogP contribution in [-0.2, 0) is 6.18 Å². The van der Waals surface area contributed by atoms with Crippen LogP contribution in [0.2, 0.25) is 0 Å². The molecule has 1 aromatic rings. The van der Waals surface area contributed by atoms with Gasteiger partial charge in [0.2, 0.25) is 5.88 Å². The molecule has 1 fully saturated rings. The van der Waals surface area contributed by atoms with Crippen molar-refractivity contribution in [2.75, 3.05) is 33.3 Å². The number of aromatic nitrogens is 1. The molecule has 1 aliphatic rings. The van der Waals surface area contributed by atoms with E-state index in [1.54, 1.807) is 7.05 Å². The molecule has 0 bridgehead atoms. The molecule has 2 atom stereocenters. The fraction of sp³-hybridized carbons (Fsp3) is 0.667. The maximum Gasteiger partial charge on any atom is 0.417 e. The maximum absolute atomic E-state index is 12.5. The number of alkyl halides is 3. The van der Waals surface area contributed by atoms with Gasteiger partial charge in [-0.05, 0) is 25.8 Å². The van der Waals surface area contributed by atoms with Crippen molar-refractivity contribution in [1.82, 2.24) is 20.5 Å². The lowest BCUT2D eigenvalue weighted by Gasteiger charge is -2.22. The summed E-state index contributed by atoms with van der Waals surface area (Å²) < 4.78 is 42.9. The van der Waals surface area contributed by atoms with Crippen molar-refractivity contribution < 1.29 is 17.9 Å². The average molecular weight is 515 g/mol. The van der Waals surface area contributed by atoms with Gasteiger partial charge in [0.05, 0.1) is 12.1 Å². The summed E-state index contributed by atoms with van der Waals surface area (Å²) in [6, 6.07) is 3.00. The van der Waals surface area contributed by atoms with Crippen molar-refractivity contribution in [3.05, 3.63) is 23.9 Å². The topological polar surface area (TPSA) is 61.8 Å². The first-order valence-corrected chi connectivity index (χ1v) is 9.08. The summed E-state index contributed by atoms with van der Waals surface area (Å²) in [5.74, 6) is 1.35. The van der Waals surface area contributed by atoms with E-state index in [0.717, 1.165) is 25.4 Å². The molecule has 0 aliphatic carbocycles. The molecule has 0 aromatic carbocycles. The Hall–Kier alpha value is -1.30. The standard InChI is InChI=1S/C18H28F3N5O.HI/c1-12(2)26-10-13(3)15(11-26)25-17(22-4)23-7-8-27-16-6-5-14(9-24-16)18(19,20)21;/h5-6,9,12-13,15H,7-8,10-11H2,1-4H3,(H2,22,23,25);1H. The Morgan fingerprint density at radius 1 is 1.36 bits per heavy atom. The van der Waals surface area contributed by atoms with E-state index in [1.165, 1.54) is 6.07 Å². The van der Waals surface area contributed by atoms with E-state index in [9.17, 15) is 13.2 Å². The molecule has 0 saturated carbocycles. The molecule has 10 heteroatoms. The van der Waals surface area contributed by atoms with E-state index in [0.29, 0.717) is 30.5 Å². The number of rotatable bonds is 6. The Morgan fingerprint density at radius 2 is 2.07 bits per heavy atom. The number of pyridine rings is 1. The summed E-state index contributed by atoms with van der Waals surface area (Å²) in [5, 5.41) is 6.58. The normalized spacial score (nSPS) is 20.8. The molecule has 6 nitrogen and oxygen atoms in total. The van der Waals surface area contributed by atoms with E-state index < -0.39 is 11.7 Å². The molecule has 2 heterocycles. The highest BCUT2D eigenvalue weighted by Crippen LogP contribution is 2.29. The predicted molar refractivity (Wildman–Crippen MR) is 114 cm³/mol. The zero-order chi connectivity index (χ0) is 20.0. The lowest BCUT2D eigenvalue weighted by atomic mass is 10.1. The van der Waals surface area contributed by atoms with Gasteiger partial charge in [-0.15, -0.1) is 24.0 Å². The molecule has 0 radical (unpaired) electrons. The van der Waals surface area contributed by atoms with Crippen LogP contribution in [0.15, 0.2) is 23.3 Å². The van der Waals surface area contributed by atoms with Crippen molar-refractivity contribution in [3.8, 4) is 5.88 Å². The molecule has 1 aromatic heterocycles. The molecular weight excluding hydrogens is 486 g/mol.